The summed E-state index contributed by atoms with van der Waals surface area (Å²) in [6.07, 6.45) is 0. The zero-order valence-electron chi connectivity index (χ0n) is 16.4. The van der Waals surface area contributed by atoms with Gasteiger partial charge in [0, 0.05) is 32.2 Å². The summed E-state index contributed by atoms with van der Waals surface area (Å²) >= 11 is 0. The summed E-state index contributed by atoms with van der Waals surface area (Å²) in [5, 5.41) is 9.00. The molecule has 30 heavy (non-hydrogen) atoms. The Kier molecular flexibility index (Phi) is 5.32. The lowest BCUT2D eigenvalue weighted by Gasteiger charge is -2.34. The van der Waals surface area contributed by atoms with Crippen molar-refractivity contribution in [1.29, 1.82) is 5.26 Å². The van der Waals surface area contributed by atoms with Crippen molar-refractivity contribution in [2.75, 3.05) is 39.4 Å². The number of aromatic nitrogens is 1. The second kappa shape index (κ2) is 7.93. The van der Waals surface area contributed by atoms with Gasteiger partial charge in [0.05, 0.1) is 16.2 Å². The van der Waals surface area contributed by atoms with Crippen molar-refractivity contribution in [1.82, 2.24) is 14.2 Å². The maximum Gasteiger partial charge on any atom is 0.272 e. The van der Waals surface area contributed by atoms with E-state index < -0.39 is 10.0 Å². The fraction of sp³-hybridized carbons (Fsp3) is 0.350. The Hall–Kier alpha value is -3.16. The van der Waals surface area contributed by atoms with Gasteiger partial charge in [0.2, 0.25) is 10.0 Å². The molecule has 1 amide bonds. The highest BCUT2D eigenvalue weighted by Gasteiger charge is 2.31. The molecule has 2 aliphatic rings. The Morgan fingerprint density at radius 3 is 2.43 bits per heavy atom. The zero-order valence-corrected chi connectivity index (χ0v) is 17.2. The number of fused-ring (bicyclic) bond motifs is 1. The molecule has 0 radical (unpaired) electrons. The van der Waals surface area contributed by atoms with E-state index in [1.165, 1.54) is 22.5 Å². The van der Waals surface area contributed by atoms with Crippen LogP contribution in [-0.2, 0) is 10.0 Å². The number of carbonyl (C=O) groups is 1. The van der Waals surface area contributed by atoms with Crippen LogP contribution in [0.3, 0.4) is 0 Å². The van der Waals surface area contributed by atoms with Crippen LogP contribution < -0.4 is 9.47 Å². The van der Waals surface area contributed by atoms with E-state index in [0.717, 1.165) is 0 Å². The molecule has 0 aliphatic carbocycles. The number of amides is 1. The third-order valence-electron chi connectivity index (χ3n) is 5.10. The maximum absolute atomic E-state index is 13.0. The standard InChI is InChI=1S/C20H20N4O5S/c1-14-15(13-21)2-4-17(22-14)20(25)23-6-8-24(9-7-23)30(26,27)16-3-5-18-19(12-16)29-11-10-28-18/h2-5,12H,6-11H2,1H3. The van der Waals surface area contributed by atoms with Gasteiger partial charge in [-0.15, -0.1) is 0 Å². The van der Waals surface area contributed by atoms with Gasteiger partial charge in [-0.05, 0) is 31.2 Å². The molecular weight excluding hydrogens is 408 g/mol. The summed E-state index contributed by atoms with van der Waals surface area (Å²) in [7, 11) is -3.72. The minimum Gasteiger partial charge on any atom is -0.486 e. The van der Waals surface area contributed by atoms with Crippen LogP contribution in [0.25, 0.3) is 0 Å². The highest BCUT2D eigenvalue weighted by atomic mass is 32.2. The van der Waals surface area contributed by atoms with E-state index in [-0.39, 0.29) is 42.7 Å². The SMILES string of the molecule is Cc1nc(C(=O)N2CCN(S(=O)(=O)c3ccc4c(c3)OCCO4)CC2)ccc1C#N. The Morgan fingerprint density at radius 2 is 1.77 bits per heavy atom. The van der Waals surface area contributed by atoms with E-state index in [0.29, 0.717) is 36.0 Å². The van der Waals surface area contributed by atoms with Gasteiger partial charge in [-0.25, -0.2) is 13.4 Å². The number of aryl methyl sites for hydroxylation is 1. The molecule has 10 heteroatoms. The number of hydrogen-bond acceptors (Lipinski definition) is 7. The number of nitrogens with zero attached hydrogens (tertiary/aromatic N) is 4. The molecule has 0 atom stereocenters. The number of hydrogen-bond donors (Lipinski definition) is 0. The number of carbonyl (C=O) groups excluding carboxylic acids is 1. The molecule has 0 spiro atoms. The van der Waals surface area contributed by atoms with Crippen LogP contribution in [0.15, 0.2) is 35.2 Å². The quantitative estimate of drug-likeness (QED) is 0.721. The second-order valence-corrected chi connectivity index (χ2v) is 8.88. The Labute approximate surface area is 174 Å². The van der Waals surface area contributed by atoms with Crippen LogP contribution in [0.1, 0.15) is 21.7 Å². The van der Waals surface area contributed by atoms with E-state index >= 15 is 0 Å². The average molecular weight is 428 g/mol. The van der Waals surface area contributed by atoms with Crippen LogP contribution >= 0.6 is 0 Å². The van der Waals surface area contributed by atoms with Crippen LogP contribution in [0.4, 0.5) is 0 Å². The summed E-state index contributed by atoms with van der Waals surface area (Å²) in [4.78, 5) is 18.6. The van der Waals surface area contributed by atoms with Crippen molar-refractivity contribution >= 4 is 15.9 Å². The van der Waals surface area contributed by atoms with Crippen molar-refractivity contribution in [2.24, 2.45) is 0 Å². The lowest BCUT2D eigenvalue weighted by Crippen LogP contribution is -2.50. The molecular formula is C20H20N4O5S. The van der Waals surface area contributed by atoms with E-state index in [1.54, 1.807) is 24.0 Å². The van der Waals surface area contributed by atoms with E-state index in [4.69, 9.17) is 14.7 Å². The molecule has 1 fully saturated rings. The smallest absolute Gasteiger partial charge is 0.272 e. The van der Waals surface area contributed by atoms with Crippen LogP contribution in [0.2, 0.25) is 0 Å². The molecule has 0 N–H and O–H groups in total. The number of piperazine rings is 1. The molecule has 1 aromatic heterocycles. The van der Waals surface area contributed by atoms with Gasteiger partial charge < -0.3 is 14.4 Å². The molecule has 2 aliphatic heterocycles. The minimum absolute atomic E-state index is 0.135. The third kappa shape index (κ3) is 3.69. The largest absolute Gasteiger partial charge is 0.486 e. The highest BCUT2D eigenvalue weighted by molar-refractivity contribution is 7.89. The summed E-state index contributed by atoms with van der Waals surface area (Å²) in [5.41, 5.74) is 1.15. The molecule has 3 heterocycles. The average Bonchev–Trinajstić information content (AvgIpc) is 2.78. The van der Waals surface area contributed by atoms with Gasteiger partial charge in [-0.2, -0.15) is 9.57 Å². The molecule has 0 bridgehead atoms. The summed E-state index contributed by atoms with van der Waals surface area (Å²) in [6.45, 7) is 3.35. The van der Waals surface area contributed by atoms with Gasteiger partial charge >= 0.3 is 0 Å². The molecule has 0 unspecified atom stereocenters. The van der Waals surface area contributed by atoms with Crippen molar-refractivity contribution < 1.29 is 22.7 Å². The number of pyridine rings is 1. The first kappa shape index (κ1) is 20.1. The zero-order chi connectivity index (χ0) is 21.3. The number of rotatable bonds is 3. The monoisotopic (exact) mass is 428 g/mol. The minimum atomic E-state index is -3.72. The van der Waals surface area contributed by atoms with Crippen LogP contribution in [-0.4, -0.2) is 67.9 Å². The molecule has 4 rings (SSSR count). The summed E-state index contributed by atoms with van der Waals surface area (Å²) in [5.74, 6) is 0.665. The number of ether oxygens (including phenoxy) is 2. The molecule has 2 aromatic rings. The van der Waals surface area contributed by atoms with Gasteiger partial charge in [0.25, 0.3) is 5.91 Å². The fourth-order valence-electron chi connectivity index (χ4n) is 3.43. The molecule has 0 saturated carbocycles. The van der Waals surface area contributed by atoms with Crippen molar-refractivity contribution in [3.63, 3.8) is 0 Å². The topological polar surface area (TPSA) is 113 Å². The molecule has 1 saturated heterocycles. The van der Waals surface area contributed by atoms with Gasteiger partial charge in [0.15, 0.2) is 11.5 Å². The Morgan fingerprint density at radius 1 is 1.07 bits per heavy atom. The maximum atomic E-state index is 13.0. The molecule has 156 valence electrons. The number of sulfonamides is 1. The summed E-state index contributed by atoms with van der Waals surface area (Å²) < 4.78 is 38.3. The van der Waals surface area contributed by atoms with Crippen molar-refractivity contribution in [3.05, 3.63) is 47.3 Å². The normalized spacial score (nSPS) is 16.7. The summed E-state index contributed by atoms with van der Waals surface area (Å²) in [6, 6.07) is 9.69. The van der Waals surface area contributed by atoms with Crippen molar-refractivity contribution in [2.45, 2.75) is 11.8 Å². The Bertz CT molecular complexity index is 1130. The van der Waals surface area contributed by atoms with E-state index in [9.17, 15) is 13.2 Å². The van der Waals surface area contributed by atoms with E-state index in [1.807, 2.05) is 6.07 Å². The number of nitriles is 1. The van der Waals surface area contributed by atoms with Crippen LogP contribution in [0, 0.1) is 18.3 Å². The predicted octanol–water partition coefficient (Wildman–Crippen LogP) is 1.18. The second-order valence-electron chi connectivity index (χ2n) is 6.94. The first-order valence-corrected chi connectivity index (χ1v) is 10.9. The van der Waals surface area contributed by atoms with Crippen LogP contribution in [0.5, 0.6) is 11.5 Å². The highest BCUT2D eigenvalue weighted by Crippen LogP contribution is 2.33. The molecule has 9 nitrogen and oxygen atoms in total. The lowest BCUT2D eigenvalue weighted by atomic mass is 10.2. The molecule has 1 aromatic carbocycles. The first-order valence-electron chi connectivity index (χ1n) is 9.47. The van der Waals surface area contributed by atoms with Gasteiger partial charge in [0.1, 0.15) is 25.0 Å². The first-order chi connectivity index (χ1) is 14.4. The predicted molar refractivity (Wildman–Crippen MR) is 106 cm³/mol. The van der Waals surface area contributed by atoms with Crippen molar-refractivity contribution in [3.8, 4) is 17.6 Å². The van der Waals surface area contributed by atoms with E-state index in [2.05, 4.69) is 4.98 Å². The lowest BCUT2D eigenvalue weighted by molar-refractivity contribution is 0.0691. The van der Waals surface area contributed by atoms with Gasteiger partial charge in [-0.1, -0.05) is 0 Å². The fourth-order valence-corrected chi connectivity index (χ4v) is 4.86. The number of benzene rings is 1. The van der Waals surface area contributed by atoms with Gasteiger partial charge in [-0.3, -0.25) is 4.79 Å². The Balaban J connectivity index is 1.45. The third-order valence-corrected chi connectivity index (χ3v) is 7.00.